The third-order valence-electron chi connectivity index (χ3n) is 9.14. The van der Waals surface area contributed by atoms with Crippen LogP contribution in [0.25, 0.3) is 11.3 Å². The molecule has 0 spiro atoms. The van der Waals surface area contributed by atoms with Crippen molar-refractivity contribution in [3.8, 4) is 17.0 Å². The molecule has 22 nitrogen and oxygen atoms in total. The number of esters is 2. The maximum Gasteiger partial charge on any atom is 0.340 e. The summed E-state index contributed by atoms with van der Waals surface area (Å²) >= 11 is 11.8. The summed E-state index contributed by atoms with van der Waals surface area (Å²) in [5.74, 6) is -9.80. The van der Waals surface area contributed by atoms with E-state index >= 15 is 0 Å². The number of nitrogens with one attached hydrogen (secondary N) is 3. The van der Waals surface area contributed by atoms with Crippen LogP contribution < -0.4 is 26.4 Å². The minimum Gasteiger partial charge on any atom is -0.495 e. The summed E-state index contributed by atoms with van der Waals surface area (Å²) in [6.45, 7) is -0.343. The molecule has 3 aromatic carbocycles. The number of rotatable bonds is 12. The molecule has 0 aliphatic heterocycles. The highest BCUT2D eigenvalue weighted by Crippen LogP contribution is 2.30. The molecule has 7 aromatic rings. The summed E-state index contributed by atoms with van der Waals surface area (Å²) < 4.78 is 67.4. The van der Waals surface area contributed by atoms with Crippen molar-refractivity contribution in [2.75, 3.05) is 43.0 Å². The number of aromatic nitrogens is 7. The van der Waals surface area contributed by atoms with Crippen LogP contribution >= 0.6 is 23.2 Å². The number of aliphatic hydroxyl groups is 1. The van der Waals surface area contributed by atoms with Gasteiger partial charge in [-0.05, 0) is 66.7 Å². The molecule has 7 rings (SSSR count). The number of halogens is 6. The number of carbonyl (C=O) groups is 6. The number of methoxy groups -OCH3 is 3. The number of carbonyl (C=O) groups excluding carboxylic acids is 5. The van der Waals surface area contributed by atoms with Crippen LogP contribution in [0.1, 0.15) is 68.2 Å². The molecular weight excluding hydrogens is 1020 g/mol. The Morgan fingerprint density at radius 1 is 0.575 bits per heavy atom. The van der Waals surface area contributed by atoms with E-state index in [1.165, 1.54) is 75.1 Å². The van der Waals surface area contributed by atoms with Crippen molar-refractivity contribution in [1.29, 1.82) is 0 Å². The zero-order valence-corrected chi connectivity index (χ0v) is 38.9. The SMILES string of the molecule is COC(=O)c1cc(Cl)c(Cl)cc1NC(=O)c1ccc(N)nn1.COC(=O)c1cc(F)c(F)cc1NC(=O)c1ccc(CO)nn1.COc1cncc(-c2ccc(C(=O)Nc3cc(F)c(F)cc3C(=O)O)nn2)c1. The van der Waals surface area contributed by atoms with Gasteiger partial charge in [0.15, 0.2) is 40.4 Å². The predicted molar refractivity (Wildman–Crippen MR) is 249 cm³/mol. The maximum absolute atomic E-state index is 13.4. The zero-order valence-electron chi connectivity index (χ0n) is 37.4. The van der Waals surface area contributed by atoms with E-state index < -0.39 is 70.1 Å². The first-order chi connectivity index (χ1) is 34.8. The Labute approximate surface area is 417 Å². The number of ether oxygens (including phenoxy) is 3. The average Bonchev–Trinajstić information content (AvgIpc) is 3.39. The van der Waals surface area contributed by atoms with Crippen LogP contribution in [0.4, 0.5) is 40.4 Å². The number of nitrogen functional groups attached to an aromatic ring is 1. The number of nitrogens with zero attached hydrogens (tertiary/aromatic N) is 7. The van der Waals surface area contributed by atoms with Gasteiger partial charge in [-0.25, -0.2) is 31.9 Å². The summed E-state index contributed by atoms with van der Waals surface area (Å²) in [6.07, 6.45) is 3.05. The molecule has 0 aliphatic rings. The Hall–Kier alpha value is -9.27. The number of carboxylic acid groups (broad SMARTS) is 1. The van der Waals surface area contributed by atoms with E-state index in [4.69, 9.17) is 43.9 Å². The van der Waals surface area contributed by atoms with Crippen molar-refractivity contribution >= 4 is 81.7 Å². The largest absolute Gasteiger partial charge is 0.495 e. The fraction of sp³-hybridized carbons (Fsp3) is 0.0889. The average molecular weight is 1050 g/mol. The standard InChI is InChI=1S/C18H12F2N4O4.C14H11F2N3O4.C13H10Cl2N4O3/c1-28-10-4-9(7-21-8-10)14-2-3-15(24-23-14)17(25)22-16-6-13(20)12(19)5-11(16)18(26)27;1-23-14(22)8-4-9(15)10(16)5-12(8)17-13(21)11-3-2-7(6-20)18-19-11;1-22-13(21)6-4-7(14)8(15)5-10(6)17-12(20)9-2-3-11(16)19-18-9/h2-8H,1H3,(H,22,25)(H,26,27);2-5,20H,6H2,1H3,(H,17,21);2-5H,1H3,(H2,16,19)(H,17,20). The van der Waals surface area contributed by atoms with Crippen molar-refractivity contribution in [3.63, 3.8) is 0 Å². The van der Waals surface area contributed by atoms with Gasteiger partial charge in [-0.2, -0.15) is 5.10 Å². The quantitative estimate of drug-likeness (QED) is 0.0564. The van der Waals surface area contributed by atoms with Gasteiger partial charge in [0, 0.05) is 23.9 Å². The molecule has 73 heavy (non-hydrogen) atoms. The van der Waals surface area contributed by atoms with Gasteiger partial charge in [0.25, 0.3) is 17.7 Å². The Bertz CT molecular complexity index is 3220. The predicted octanol–water partition coefficient (Wildman–Crippen LogP) is 6.47. The number of amides is 3. The molecule has 0 bridgehead atoms. The number of anilines is 4. The van der Waals surface area contributed by atoms with E-state index in [-0.39, 0.29) is 67.7 Å². The normalized spacial score (nSPS) is 10.3. The number of nitrogens with two attached hydrogens (primary N) is 1. The van der Waals surface area contributed by atoms with Crippen LogP contribution in [0.15, 0.2) is 91.3 Å². The lowest BCUT2D eigenvalue weighted by atomic mass is 10.1. The lowest BCUT2D eigenvalue weighted by Crippen LogP contribution is -2.18. The molecule has 0 saturated heterocycles. The van der Waals surface area contributed by atoms with Gasteiger partial charge in [0.1, 0.15) is 11.6 Å². The number of hydrogen-bond donors (Lipinski definition) is 6. The Balaban J connectivity index is 0.000000205. The van der Waals surface area contributed by atoms with Crippen molar-refractivity contribution in [2.45, 2.75) is 6.61 Å². The molecule has 28 heteroatoms. The highest BCUT2D eigenvalue weighted by atomic mass is 35.5. The maximum atomic E-state index is 13.4. The van der Waals surface area contributed by atoms with E-state index in [0.29, 0.717) is 41.3 Å². The zero-order chi connectivity index (χ0) is 53.5. The van der Waals surface area contributed by atoms with Gasteiger partial charge in [-0.1, -0.05) is 23.2 Å². The third-order valence-corrected chi connectivity index (χ3v) is 9.86. The molecular formula is C45H33Cl2F4N11O11. The van der Waals surface area contributed by atoms with E-state index in [9.17, 15) is 46.3 Å². The van der Waals surface area contributed by atoms with Crippen molar-refractivity contribution in [2.24, 2.45) is 0 Å². The van der Waals surface area contributed by atoms with Gasteiger partial charge in [-0.15, -0.1) is 25.5 Å². The summed E-state index contributed by atoms with van der Waals surface area (Å²) in [5.41, 5.74) is 5.00. The molecule has 0 saturated carbocycles. The van der Waals surface area contributed by atoms with Crippen LogP contribution in [-0.4, -0.2) is 103 Å². The van der Waals surface area contributed by atoms with Crippen LogP contribution in [0, 0.1) is 23.3 Å². The van der Waals surface area contributed by atoms with Gasteiger partial charge in [-0.3, -0.25) is 19.4 Å². The van der Waals surface area contributed by atoms with Gasteiger partial charge in [0.2, 0.25) is 0 Å². The van der Waals surface area contributed by atoms with Crippen LogP contribution in [-0.2, 0) is 16.1 Å². The second-order valence-electron chi connectivity index (χ2n) is 13.9. The molecule has 0 unspecified atom stereocenters. The Kier molecular flexibility index (Phi) is 18.7. The fourth-order valence-corrected chi connectivity index (χ4v) is 5.88. The highest BCUT2D eigenvalue weighted by molar-refractivity contribution is 6.42. The summed E-state index contributed by atoms with van der Waals surface area (Å²) in [7, 11) is 3.76. The smallest absolute Gasteiger partial charge is 0.340 e. The number of pyridine rings is 1. The number of aliphatic hydroxyl groups excluding tert-OH is 1. The molecule has 4 aromatic heterocycles. The molecule has 0 aliphatic carbocycles. The van der Waals surface area contributed by atoms with Crippen molar-refractivity contribution in [3.05, 3.63) is 164 Å². The van der Waals surface area contributed by atoms with E-state index in [1.807, 2.05) is 0 Å². The first-order valence-corrected chi connectivity index (χ1v) is 20.7. The molecule has 0 atom stereocenters. The monoisotopic (exact) mass is 1050 g/mol. The first-order valence-electron chi connectivity index (χ1n) is 19.9. The van der Waals surface area contributed by atoms with Crippen molar-refractivity contribution in [1.82, 2.24) is 35.6 Å². The molecule has 0 radical (unpaired) electrons. The van der Waals surface area contributed by atoms with Gasteiger partial charge >= 0.3 is 17.9 Å². The van der Waals surface area contributed by atoms with Crippen molar-refractivity contribution < 1.29 is 70.8 Å². The topological polar surface area (TPSA) is 323 Å². The molecule has 7 N–H and O–H groups in total. The molecule has 3 amide bonds. The fourth-order valence-electron chi connectivity index (χ4n) is 5.55. The summed E-state index contributed by atoms with van der Waals surface area (Å²) in [5, 5.41) is 47.3. The second-order valence-corrected chi connectivity index (χ2v) is 14.7. The Morgan fingerprint density at radius 3 is 1.51 bits per heavy atom. The Morgan fingerprint density at radius 2 is 1.04 bits per heavy atom. The number of aromatic carboxylic acids is 1. The van der Waals surface area contributed by atoms with Crippen LogP contribution in [0.2, 0.25) is 10.0 Å². The summed E-state index contributed by atoms with van der Waals surface area (Å²) in [4.78, 5) is 74.9. The lowest BCUT2D eigenvalue weighted by molar-refractivity contribution is 0.0592. The molecule has 4 heterocycles. The van der Waals surface area contributed by atoms with Gasteiger partial charge < -0.3 is 46.1 Å². The van der Waals surface area contributed by atoms with E-state index in [0.717, 1.165) is 7.11 Å². The van der Waals surface area contributed by atoms with Gasteiger partial charge in [0.05, 0.1) is 89.3 Å². The van der Waals surface area contributed by atoms with E-state index in [2.05, 4.69) is 61.0 Å². The van der Waals surface area contributed by atoms with Crippen LogP contribution in [0.5, 0.6) is 5.75 Å². The first kappa shape index (κ1) is 54.7. The molecule has 0 fully saturated rings. The minimum atomic E-state index is -1.53. The highest BCUT2D eigenvalue weighted by Gasteiger charge is 2.22. The number of hydrogen-bond acceptors (Lipinski definition) is 18. The van der Waals surface area contributed by atoms with E-state index in [1.54, 1.807) is 6.07 Å². The number of carboxylic acids is 1. The minimum absolute atomic E-state index is 0.0242. The lowest BCUT2D eigenvalue weighted by Gasteiger charge is -2.11. The second kappa shape index (κ2) is 25.0. The summed E-state index contributed by atoms with van der Waals surface area (Å²) in [6, 6.07) is 15.0. The van der Waals surface area contributed by atoms with Crippen LogP contribution in [0.3, 0.4) is 0 Å². The molecule has 376 valence electrons. The number of benzene rings is 3. The third kappa shape index (κ3) is 14.4.